The second kappa shape index (κ2) is 10.1. The first kappa shape index (κ1) is 22.3. The summed E-state index contributed by atoms with van der Waals surface area (Å²) in [5.74, 6) is -0.0230. The van der Waals surface area contributed by atoms with Crippen LogP contribution < -0.4 is 10.2 Å². The lowest BCUT2D eigenvalue weighted by molar-refractivity contribution is 0.0942. The number of piperazine rings is 1. The van der Waals surface area contributed by atoms with Gasteiger partial charge in [-0.15, -0.1) is 0 Å². The van der Waals surface area contributed by atoms with E-state index in [9.17, 15) is 4.79 Å². The Kier molecular flexibility index (Phi) is 7.51. The molecule has 1 unspecified atom stereocenters. The zero-order valence-corrected chi connectivity index (χ0v) is 19.1. The lowest BCUT2D eigenvalue weighted by Gasteiger charge is -2.38. The van der Waals surface area contributed by atoms with E-state index in [-0.39, 0.29) is 11.9 Å². The van der Waals surface area contributed by atoms with Crippen molar-refractivity contribution in [2.24, 2.45) is 0 Å². The minimum absolute atomic E-state index is 0.0230. The van der Waals surface area contributed by atoms with Crippen LogP contribution in [0.1, 0.15) is 41.4 Å². The van der Waals surface area contributed by atoms with Gasteiger partial charge < -0.3 is 15.1 Å². The molecule has 30 heavy (non-hydrogen) atoms. The van der Waals surface area contributed by atoms with E-state index >= 15 is 0 Å². The normalized spacial score (nSPS) is 16.2. The van der Waals surface area contributed by atoms with Gasteiger partial charge in [0.1, 0.15) is 0 Å². The Labute approximate surface area is 181 Å². The highest BCUT2D eigenvalue weighted by Crippen LogP contribution is 2.20. The number of amides is 1. The number of carbonyl (C=O) groups excluding carboxylic acids is 1. The first-order valence-electron chi connectivity index (χ1n) is 11.0. The van der Waals surface area contributed by atoms with Crippen LogP contribution in [0.2, 0.25) is 0 Å². The molecule has 1 atom stereocenters. The number of hydrogen-bond acceptors (Lipinski definition) is 4. The summed E-state index contributed by atoms with van der Waals surface area (Å²) in [4.78, 5) is 19.8. The van der Waals surface area contributed by atoms with Crippen LogP contribution >= 0.6 is 0 Å². The van der Waals surface area contributed by atoms with E-state index < -0.39 is 0 Å². The molecule has 2 aromatic carbocycles. The minimum atomic E-state index is -0.0230. The summed E-state index contributed by atoms with van der Waals surface area (Å²) in [5.41, 5.74) is 4.36. The van der Waals surface area contributed by atoms with E-state index in [1.165, 1.54) is 16.8 Å². The predicted octanol–water partition coefficient (Wildman–Crippen LogP) is 3.56. The van der Waals surface area contributed by atoms with Crippen molar-refractivity contribution >= 4 is 11.6 Å². The Morgan fingerprint density at radius 3 is 2.10 bits per heavy atom. The standard InChI is InChI=1S/C25H36N4O/c1-19(2)28-14-16-29(17-15-28)23-12-10-22(11-13-23)25(30)26-18-24(27(4)5)21-8-6-20(3)7-9-21/h6-13,19,24H,14-18H2,1-5H3,(H,26,30). The number of aryl methyl sites for hydroxylation is 1. The maximum absolute atomic E-state index is 12.7. The summed E-state index contributed by atoms with van der Waals surface area (Å²) in [6.07, 6.45) is 0. The molecule has 1 fully saturated rings. The number of likely N-dealkylation sites (N-methyl/N-ethyl adjacent to an activating group) is 1. The summed E-state index contributed by atoms with van der Waals surface area (Å²) in [6, 6.07) is 17.3. The van der Waals surface area contributed by atoms with E-state index in [1.807, 2.05) is 26.2 Å². The third kappa shape index (κ3) is 5.61. The quantitative estimate of drug-likeness (QED) is 0.760. The fourth-order valence-electron chi connectivity index (χ4n) is 4.00. The van der Waals surface area contributed by atoms with Crippen molar-refractivity contribution in [1.29, 1.82) is 0 Å². The van der Waals surface area contributed by atoms with Crippen molar-refractivity contribution in [2.45, 2.75) is 32.9 Å². The SMILES string of the molecule is Cc1ccc(C(CNC(=O)c2ccc(N3CCN(C(C)C)CC3)cc2)N(C)C)cc1. The lowest BCUT2D eigenvalue weighted by atomic mass is 10.0. The van der Waals surface area contributed by atoms with E-state index in [4.69, 9.17) is 0 Å². The molecule has 1 saturated heterocycles. The molecule has 162 valence electrons. The van der Waals surface area contributed by atoms with Crippen LogP contribution in [-0.4, -0.2) is 68.6 Å². The number of carbonyl (C=O) groups is 1. The molecule has 0 aromatic heterocycles. The molecule has 2 aromatic rings. The van der Waals surface area contributed by atoms with E-state index in [1.54, 1.807) is 0 Å². The molecular weight excluding hydrogens is 372 g/mol. The average molecular weight is 409 g/mol. The maximum Gasteiger partial charge on any atom is 0.251 e. The van der Waals surface area contributed by atoms with Crippen LogP contribution in [0.4, 0.5) is 5.69 Å². The monoisotopic (exact) mass is 408 g/mol. The predicted molar refractivity (Wildman–Crippen MR) is 125 cm³/mol. The van der Waals surface area contributed by atoms with Crippen molar-refractivity contribution in [1.82, 2.24) is 15.1 Å². The van der Waals surface area contributed by atoms with Crippen LogP contribution in [-0.2, 0) is 0 Å². The molecule has 1 aliphatic heterocycles. The molecular formula is C25H36N4O. The molecule has 0 radical (unpaired) electrons. The Morgan fingerprint density at radius 1 is 0.967 bits per heavy atom. The van der Waals surface area contributed by atoms with Crippen molar-refractivity contribution in [3.8, 4) is 0 Å². The summed E-state index contributed by atoms with van der Waals surface area (Å²) in [5, 5.41) is 3.11. The highest BCUT2D eigenvalue weighted by molar-refractivity contribution is 5.94. The third-order valence-corrected chi connectivity index (χ3v) is 6.08. The van der Waals surface area contributed by atoms with E-state index in [0.717, 1.165) is 26.2 Å². The minimum Gasteiger partial charge on any atom is -0.369 e. The van der Waals surface area contributed by atoms with Gasteiger partial charge in [-0.1, -0.05) is 29.8 Å². The van der Waals surface area contributed by atoms with Crippen LogP contribution in [0.3, 0.4) is 0 Å². The van der Waals surface area contributed by atoms with E-state index in [0.29, 0.717) is 18.2 Å². The number of nitrogens with zero attached hydrogens (tertiary/aromatic N) is 3. The Morgan fingerprint density at radius 2 is 1.57 bits per heavy atom. The maximum atomic E-state index is 12.7. The number of nitrogens with one attached hydrogen (secondary N) is 1. The number of rotatable bonds is 7. The second-order valence-corrected chi connectivity index (χ2v) is 8.76. The highest BCUT2D eigenvalue weighted by atomic mass is 16.1. The Bertz CT molecular complexity index is 806. The van der Waals surface area contributed by atoms with Gasteiger partial charge >= 0.3 is 0 Å². The van der Waals surface area contributed by atoms with Gasteiger partial charge in [-0.05, 0) is 64.7 Å². The lowest BCUT2D eigenvalue weighted by Crippen LogP contribution is -2.48. The molecule has 1 heterocycles. The van der Waals surface area contributed by atoms with Gasteiger partial charge in [-0.3, -0.25) is 9.69 Å². The van der Waals surface area contributed by atoms with Gasteiger partial charge in [0.25, 0.3) is 5.91 Å². The molecule has 1 N–H and O–H groups in total. The van der Waals surface area contributed by atoms with Gasteiger partial charge in [0, 0.05) is 50.0 Å². The molecule has 1 amide bonds. The summed E-state index contributed by atoms with van der Waals surface area (Å²) < 4.78 is 0. The van der Waals surface area contributed by atoms with Crippen LogP contribution in [0, 0.1) is 6.92 Å². The zero-order valence-electron chi connectivity index (χ0n) is 19.1. The summed E-state index contributed by atoms with van der Waals surface area (Å²) in [7, 11) is 4.09. The molecule has 1 aliphatic rings. The van der Waals surface area contributed by atoms with Gasteiger partial charge in [0.15, 0.2) is 0 Å². The second-order valence-electron chi connectivity index (χ2n) is 8.76. The third-order valence-electron chi connectivity index (χ3n) is 6.08. The summed E-state index contributed by atoms with van der Waals surface area (Å²) >= 11 is 0. The van der Waals surface area contributed by atoms with Crippen molar-refractivity contribution in [3.05, 3.63) is 65.2 Å². The van der Waals surface area contributed by atoms with Gasteiger partial charge in [0.05, 0.1) is 6.04 Å². The molecule has 0 aliphatic carbocycles. The topological polar surface area (TPSA) is 38.8 Å². The Balaban J connectivity index is 1.57. The summed E-state index contributed by atoms with van der Waals surface area (Å²) in [6.45, 7) is 11.4. The first-order valence-corrected chi connectivity index (χ1v) is 11.0. The highest BCUT2D eigenvalue weighted by Gasteiger charge is 2.20. The number of hydrogen-bond donors (Lipinski definition) is 1. The number of benzene rings is 2. The molecule has 3 rings (SSSR count). The van der Waals surface area contributed by atoms with Crippen LogP contribution in [0.15, 0.2) is 48.5 Å². The number of anilines is 1. The largest absolute Gasteiger partial charge is 0.369 e. The van der Waals surface area contributed by atoms with Gasteiger partial charge in [-0.2, -0.15) is 0 Å². The smallest absolute Gasteiger partial charge is 0.251 e. The fourth-order valence-corrected chi connectivity index (χ4v) is 4.00. The molecule has 5 nitrogen and oxygen atoms in total. The molecule has 0 saturated carbocycles. The van der Waals surface area contributed by atoms with Gasteiger partial charge in [-0.25, -0.2) is 0 Å². The van der Waals surface area contributed by atoms with Gasteiger partial charge in [0.2, 0.25) is 0 Å². The zero-order chi connectivity index (χ0) is 21.7. The molecule has 0 bridgehead atoms. The first-order chi connectivity index (χ1) is 14.3. The Hall–Kier alpha value is -2.37. The fraction of sp³-hybridized carbons (Fsp3) is 0.480. The van der Waals surface area contributed by atoms with Crippen LogP contribution in [0.25, 0.3) is 0 Å². The molecule has 0 spiro atoms. The van der Waals surface area contributed by atoms with Crippen molar-refractivity contribution < 1.29 is 4.79 Å². The van der Waals surface area contributed by atoms with Crippen molar-refractivity contribution in [3.63, 3.8) is 0 Å². The van der Waals surface area contributed by atoms with Crippen molar-refractivity contribution in [2.75, 3.05) is 51.7 Å². The average Bonchev–Trinajstić information content (AvgIpc) is 2.75. The molecule has 5 heteroatoms. The van der Waals surface area contributed by atoms with E-state index in [2.05, 4.69) is 77.2 Å². The van der Waals surface area contributed by atoms with Crippen LogP contribution in [0.5, 0.6) is 0 Å².